The van der Waals surface area contributed by atoms with E-state index in [1.807, 2.05) is 43.3 Å². The van der Waals surface area contributed by atoms with Crippen LogP contribution in [0, 0.1) is 6.92 Å². The Labute approximate surface area is 196 Å². The van der Waals surface area contributed by atoms with Crippen molar-refractivity contribution >= 4 is 29.2 Å². The van der Waals surface area contributed by atoms with E-state index in [-0.39, 0.29) is 0 Å². The van der Waals surface area contributed by atoms with Gasteiger partial charge in [0.05, 0.1) is 16.9 Å². The fourth-order valence-electron chi connectivity index (χ4n) is 3.99. The van der Waals surface area contributed by atoms with Gasteiger partial charge in [0.15, 0.2) is 0 Å². The van der Waals surface area contributed by atoms with Crippen molar-refractivity contribution in [1.29, 1.82) is 0 Å². The third kappa shape index (κ3) is 5.94. The van der Waals surface area contributed by atoms with E-state index in [2.05, 4.69) is 67.7 Å². The molecule has 0 aliphatic rings. The maximum atomic E-state index is 13.8. The highest BCUT2D eigenvalue weighted by Gasteiger charge is 2.33. The molecule has 0 saturated heterocycles. The third-order valence-electron chi connectivity index (χ3n) is 6.04. The molecular formula is C28H34O2SSi. The summed E-state index contributed by atoms with van der Waals surface area (Å²) in [6, 6.07) is 28.7. The van der Waals surface area contributed by atoms with Crippen molar-refractivity contribution < 1.29 is 9.32 Å². The normalized spacial score (nSPS) is 14.2. The Morgan fingerprint density at radius 2 is 1.44 bits per heavy atom. The zero-order chi connectivity index (χ0) is 23.0. The smallest absolute Gasteiger partial charge is 0.139 e. The first-order valence-corrected chi connectivity index (χ1v) is 15.2. The van der Waals surface area contributed by atoms with Gasteiger partial charge in [0.1, 0.15) is 8.07 Å². The topological polar surface area (TPSA) is 37.3 Å². The molecule has 0 fully saturated rings. The highest BCUT2D eigenvalue weighted by molar-refractivity contribution is 7.89. The number of rotatable bonds is 10. The lowest BCUT2D eigenvalue weighted by Crippen LogP contribution is -2.55. The van der Waals surface area contributed by atoms with Crippen LogP contribution in [-0.2, 0) is 10.8 Å². The van der Waals surface area contributed by atoms with Crippen LogP contribution in [-0.4, -0.2) is 23.5 Å². The lowest BCUT2D eigenvalue weighted by atomic mass is 10.1. The van der Waals surface area contributed by atoms with E-state index in [1.165, 1.54) is 10.4 Å². The SMILES string of the molecule is CCCCC[C@@H](O)/C(=C\[Si](C)(c1ccccc1)c1ccccc1)[S@@](=O)c1ccc(C)cc1. The van der Waals surface area contributed by atoms with Crippen molar-refractivity contribution in [1.82, 2.24) is 0 Å². The standard InChI is InChI=1S/C28H34O2SSi/c1-4-5-8-17-27(29)28(31(30)24-20-18-23(2)19-21-24)22-32(3,25-13-9-6-10-14-25)26-15-11-7-12-16-26/h6-7,9-16,18-22,27,29H,4-5,8,17H2,1-3H3/b28-22+/t27-,31+/m1/s1. The van der Waals surface area contributed by atoms with Gasteiger partial charge >= 0.3 is 0 Å². The highest BCUT2D eigenvalue weighted by Crippen LogP contribution is 2.24. The molecule has 0 spiro atoms. The lowest BCUT2D eigenvalue weighted by Gasteiger charge is -2.28. The second kappa shape index (κ2) is 11.6. The molecule has 0 aliphatic carbocycles. The Morgan fingerprint density at radius 1 is 0.906 bits per heavy atom. The fourth-order valence-corrected chi connectivity index (χ4v) is 9.34. The van der Waals surface area contributed by atoms with E-state index in [9.17, 15) is 9.32 Å². The van der Waals surface area contributed by atoms with E-state index in [0.29, 0.717) is 11.3 Å². The average Bonchev–Trinajstić information content (AvgIpc) is 2.83. The van der Waals surface area contributed by atoms with Crippen LogP contribution >= 0.6 is 0 Å². The van der Waals surface area contributed by atoms with Gasteiger partial charge in [0.25, 0.3) is 0 Å². The first-order valence-electron chi connectivity index (χ1n) is 11.5. The minimum atomic E-state index is -2.40. The van der Waals surface area contributed by atoms with Gasteiger partial charge in [-0.15, -0.1) is 0 Å². The Balaban J connectivity index is 2.13. The first kappa shape index (κ1) is 24.4. The van der Waals surface area contributed by atoms with Crippen LogP contribution in [0.5, 0.6) is 0 Å². The highest BCUT2D eigenvalue weighted by atomic mass is 32.2. The molecule has 0 aromatic heterocycles. The molecule has 168 valence electrons. The van der Waals surface area contributed by atoms with E-state index >= 15 is 0 Å². The monoisotopic (exact) mass is 462 g/mol. The Morgan fingerprint density at radius 3 is 1.94 bits per heavy atom. The van der Waals surface area contributed by atoms with Crippen molar-refractivity contribution in [3.8, 4) is 0 Å². The van der Waals surface area contributed by atoms with Gasteiger partial charge in [-0.25, -0.2) is 4.21 Å². The van der Waals surface area contributed by atoms with Gasteiger partial charge in [-0.05, 0) is 25.5 Å². The third-order valence-corrected chi connectivity index (χ3v) is 11.7. The molecule has 0 unspecified atom stereocenters. The molecule has 32 heavy (non-hydrogen) atoms. The Hall–Kier alpha value is -2.27. The van der Waals surface area contributed by atoms with Gasteiger partial charge in [-0.3, -0.25) is 0 Å². The summed E-state index contributed by atoms with van der Waals surface area (Å²) in [6.07, 6.45) is 2.99. The van der Waals surface area contributed by atoms with Gasteiger partial charge < -0.3 is 5.11 Å². The fraction of sp³-hybridized carbons (Fsp3) is 0.286. The minimum Gasteiger partial charge on any atom is -0.388 e. The molecule has 0 amide bonds. The van der Waals surface area contributed by atoms with Crippen LogP contribution in [0.25, 0.3) is 0 Å². The largest absolute Gasteiger partial charge is 0.388 e. The number of aliphatic hydroxyl groups excluding tert-OH is 1. The summed E-state index contributed by atoms with van der Waals surface area (Å²) in [7, 11) is -3.81. The van der Waals surface area contributed by atoms with Crippen LogP contribution in [0.2, 0.25) is 6.55 Å². The zero-order valence-electron chi connectivity index (χ0n) is 19.3. The molecule has 0 aliphatic heterocycles. The number of hydrogen-bond acceptors (Lipinski definition) is 2. The van der Waals surface area contributed by atoms with Gasteiger partial charge in [0.2, 0.25) is 0 Å². The van der Waals surface area contributed by atoms with Crippen LogP contribution in [0.1, 0.15) is 38.2 Å². The average molecular weight is 463 g/mol. The number of hydrogen-bond donors (Lipinski definition) is 1. The molecule has 2 atom stereocenters. The number of aliphatic hydroxyl groups is 1. The molecule has 3 aromatic carbocycles. The van der Waals surface area contributed by atoms with E-state index in [1.54, 1.807) is 0 Å². The van der Waals surface area contributed by atoms with Gasteiger partial charge in [-0.1, -0.05) is 127 Å². The van der Waals surface area contributed by atoms with Crippen molar-refractivity contribution in [2.75, 3.05) is 0 Å². The second-order valence-corrected chi connectivity index (χ2v) is 13.9. The maximum absolute atomic E-state index is 13.8. The van der Waals surface area contributed by atoms with E-state index in [0.717, 1.165) is 29.7 Å². The van der Waals surface area contributed by atoms with Crippen LogP contribution in [0.3, 0.4) is 0 Å². The molecule has 0 saturated carbocycles. The summed E-state index contributed by atoms with van der Waals surface area (Å²) in [5, 5.41) is 13.7. The zero-order valence-corrected chi connectivity index (χ0v) is 21.1. The quantitative estimate of drug-likeness (QED) is 0.325. The first-order chi connectivity index (χ1) is 15.5. The molecule has 1 N–H and O–H groups in total. The lowest BCUT2D eigenvalue weighted by molar-refractivity contribution is 0.204. The second-order valence-electron chi connectivity index (χ2n) is 8.57. The molecule has 0 radical (unpaired) electrons. The summed E-state index contributed by atoms with van der Waals surface area (Å²) >= 11 is 0. The summed E-state index contributed by atoms with van der Waals surface area (Å²) in [5.41, 5.74) is 3.32. The van der Waals surface area contributed by atoms with Gasteiger partial charge in [-0.2, -0.15) is 0 Å². The van der Waals surface area contributed by atoms with E-state index < -0.39 is 25.0 Å². The number of unbranched alkanes of at least 4 members (excludes halogenated alkanes) is 2. The predicted octanol–water partition coefficient (Wildman–Crippen LogP) is 5.36. The maximum Gasteiger partial charge on any atom is 0.139 e. The summed E-state index contributed by atoms with van der Waals surface area (Å²) < 4.78 is 13.8. The van der Waals surface area contributed by atoms with Crippen LogP contribution in [0.4, 0.5) is 0 Å². The molecule has 4 heteroatoms. The minimum absolute atomic E-state index is 0.630. The molecule has 3 rings (SSSR count). The molecule has 2 nitrogen and oxygen atoms in total. The van der Waals surface area contributed by atoms with Gasteiger partial charge in [0, 0.05) is 9.80 Å². The Bertz CT molecular complexity index is 991. The summed E-state index contributed by atoms with van der Waals surface area (Å²) in [4.78, 5) is 1.39. The predicted molar refractivity (Wildman–Crippen MR) is 140 cm³/mol. The Kier molecular flexibility index (Phi) is 8.80. The van der Waals surface area contributed by atoms with Crippen molar-refractivity contribution in [2.45, 2.75) is 57.1 Å². The molecule has 3 aromatic rings. The van der Waals surface area contributed by atoms with Crippen molar-refractivity contribution in [3.05, 3.63) is 101 Å². The summed E-state index contributed by atoms with van der Waals surface area (Å²) in [6.45, 7) is 6.46. The van der Waals surface area contributed by atoms with Crippen molar-refractivity contribution in [2.24, 2.45) is 0 Å². The number of aryl methyl sites for hydroxylation is 1. The molecule has 0 heterocycles. The van der Waals surface area contributed by atoms with Crippen LogP contribution in [0.15, 0.2) is 100 Å². The molecular weight excluding hydrogens is 428 g/mol. The van der Waals surface area contributed by atoms with Crippen molar-refractivity contribution in [3.63, 3.8) is 0 Å². The number of benzene rings is 3. The van der Waals surface area contributed by atoms with Crippen LogP contribution < -0.4 is 10.4 Å². The molecule has 0 bridgehead atoms. The van der Waals surface area contributed by atoms with E-state index in [4.69, 9.17) is 0 Å². The summed E-state index contributed by atoms with van der Waals surface area (Å²) in [5.74, 6) is 0.